The number of ether oxygens (including phenoxy) is 1. The third kappa shape index (κ3) is 5.18. The van der Waals surface area contributed by atoms with Crippen molar-refractivity contribution in [1.29, 1.82) is 0 Å². The zero-order valence-electron chi connectivity index (χ0n) is 14.2. The van der Waals surface area contributed by atoms with Gasteiger partial charge in [-0.25, -0.2) is 4.79 Å². The first kappa shape index (κ1) is 18.2. The fourth-order valence-electron chi connectivity index (χ4n) is 2.58. The molecular weight excluding hydrogens is 302 g/mol. The van der Waals surface area contributed by atoms with Crippen LogP contribution < -0.4 is 5.32 Å². The van der Waals surface area contributed by atoms with Crippen molar-refractivity contribution in [3.8, 4) is 0 Å². The van der Waals surface area contributed by atoms with Gasteiger partial charge in [0.25, 0.3) is 0 Å². The van der Waals surface area contributed by atoms with E-state index in [0.29, 0.717) is 18.0 Å². The summed E-state index contributed by atoms with van der Waals surface area (Å²) in [5, 5.41) is 13.4. The summed E-state index contributed by atoms with van der Waals surface area (Å²) in [5.74, 6) is 0.0591. The van der Waals surface area contributed by atoms with Crippen molar-refractivity contribution in [2.24, 2.45) is 0 Å². The van der Waals surface area contributed by atoms with Crippen LogP contribution in [0.1, 0.15) is 46.9 Å². The number of aliphatic hydroxyl groups excluding tert-OH is 1. The van der Waals surface area contributed by atoms with Crippen LogP contribution in [0.2, 0.25) is 0 Å². The summed E-state index contributed by atoms with van der Waals surface area (Å²) in [6.45, 7) is 3.52. The van der Waals surface area contributed by atoms with E-state index >= 15 is 0 Å². The number of nitrogens with one attached hydrogen (secondary N) is 1. The molecule has 0 aromatic heterocycles. The number of carbonyl (C=O) groups is 1. The lowest BCUT2D eigenvalue weighted by Gasteiger charge is -2.15. The second-order valence-electron chi connectivity index (χ2n) is 5.93. The number of hydrogen-bond donors (Lipinski definition) is 2. The van der Waals surface area contributed by atoms with Gasteiger partial charge in [0.15, 0.2) is 0 Å². The molecule has 2 N–H and O–H groups in total. The van der Waals surface area contributed by atoms with Crippen LogP contribution in [0.3, 0.4) is 0 Å². The highest BCUT2D eigenvalue weighted by Crippen LogP contribution is 2.19. The highest BCUT2D eigenvalue weighted by atomic mass is 16.5. The van der Waals surface area contributed by atoms with Crippen molar-refractivity contribution >= 4 is 5.97 Å². The Bertz CT molecular complexity index is 625. The van der Waals surface area contributed by atoms with E-state index < -0.39 is 6.10 Å². The lowest BCUT2D eigenvalue weighted by atomic mass is 9.96. The minimum Gasteiger partial charge on any atom is -0.465 e. The topological polar surface area (TPSA) is 58.6 Å². The summed E-state index contributed by atoms with van der Waals surface area (Å²) in [4.78, 5) is 11.4. The number of esters is 1. The van der Waals surface area contributed by atoms with Crippen LogP contribution in [0.15, 0.2) is 54.6 Å². The second-order valence-corrected chi connectivity index (χ2v) is 5.93. The van der Waals surface area contributed by atoms with Crippen molar-refractivity contribution < 1.29 is 14.6 Å². The van der Waals surface area contributed by atoms with Crippen molar-refractivity contribution in [2.75, 3.05) is 20.2 Å². The largest absolute Gasteiger partial charge is 0.465 e. The van der Waals surface area contributed by atoms with Crippen molar-refractivity contribution in [2.45, 2.75) is 25.4 Å². The van der Waals surface area contributed by atoms with Crippen LogP contribution in [0.25, 0.3) is 0 Å². The van der Waals surface area contributed by atoms with E-state index in [9.17, 15) is 9.90 Å². The first-order valence-corrected chi connectivity index (χ1v) is 8.24. The Balaban J connectivity index is 1.75. The Morgan fingerprint density at radius 1 is 1.08 bits per heavy atom. The SMILES string of the molecule is COC(=O)c1ccc(C(C)CCNCC(O)c2ccccc2)cc1. The Kier molecular flexibility index (Phi) is 6.97. The molecule has 0 heterocycles. The van der Waals surface area contributed by atoms with Crippen LogP contribution in [-0.2, 0) is 4.74 Å². The molecule has 2 aromatic carbocycles. The van der Waals surface area contributed by atoms with Crippen LogP contribution in [-0.4, -0.2) is 31.3 Å². The molecule has 0 aliphatic rings. The molecule has 0 saturated heterocycles. The lowest BCUT2D eigenvalue weighted by Crippen LogP contribution is -2.23. The maximum atomic E-state index is 11.4. The molecule has 2 aromatic rings. The summed E-state index contributed by atoms with van der Waals surface area (Å²) in [5.41, 5.74) is 2.68. The molecule has 4 heteroatoms. The molecule has 128 valence electrons. The molecule has 2 unspecified atom stereocenters. The molecule has 24 heavy (non-hydrogen) atoms. The van der Waals surface area contributed by atoms with Gasteiger partial charge in [-0.05, 0) is 42.1 Å². The van der Waals surface area contributed by atoms with Gasteiger partial charge in [-0.1, -0.05) is 49.4 Å². The second kappa shape index (κ2) is 9.21. The quantitative estimate of drug-likeness (QED) is 0.577. The Hall–Kier alpha value is -2.17. The highest BCUT2D eigenvalue weighted by Gasteiger charge is 2.10. The summed E-state index contributed by atoms with van der Waals surface area (Å²) in [6.07, 6.45) is 0.472. The third-order valence-electron chi connectivity index (χ3n) is 4.18. The fourth-order valence-corrected chi connectivity index (χ4v) is 2.58. The molecule has 0 radical (unpaired) electrons. The molecule has 0 spiro atoms. The predicted molar refractivity (Wildman–Crippen MR) is 95.1 cm³/mol. The lowest BCUT2D eigenvalue weighted by molar-refractivity contribution is 0.0600. The van der Waals surface area contributed by atoms with Gasteiger partial charge in [0.05, 0.1) is 18.8 Å². The molecule has 0 bridgehead atoms. The number of methoxy groups -OCH3 is 1. The van der Waals surface area contributed by atoms with E-state index in [-0.39, 0.29) is 5.97 Å². The zero-order valence-corrected chi connectivity index (χ0v) is 14.2. The third-order valence-corrected chi connectivity index (χ3v) is 4.18. The number of benzene rings is 2. The smallest absolute Gasteiger partial charge is 0.337 e. The standard InChI is InChI=1S/C20H25NO3/c1-15(16-8-10-18(11-9-16)20(23)24-2)12-13-21-14-19(22)17-6-4-3-5-7-17/h3-11,15,19,21-22H,12-14H2,1-2H3. The van der Waals surface area contributed by atoms with Gasteiger partial charge in [-0.3, -0.25) is 0 Å². The fraction of sp³-hybridized carbons (Fsp3) is 0.350. The first-order chi connectivity index (χ1) is 11.6. The maximum Gasteiger partial charge on any atom is 0.337 e. The van der Waals surface area contributed by atoms with E-state index in [2.05, 4.69) is 12.2 Å². The van der Waals surface area contributed by atoms with Gasteiger partial charge in [-0.15, -0.1) is 0 Å². The number of aliphatic hydroxyl groups is 1. The van der Waals surface area contributed by atoms with Gasteiger partial charge in [0.2, 0.25) is 0 Å². The molecule has 0 fully saturated rings. The molecular formula is C20H25NO3. The molecule has 0 aliphatic heterocycles. The number of hydrogen-bond acceptors (Lipinski definition) is 4. The molecule has 0 amide bonds. The Morgan fingerprint density at radius 3 is 2.38 bits per heavy atom. The number of rotatable bonds is 8. The average molecular weight is 327 g/mol. The normalized spacial score (nSPS) is 13.3. The summed E-state index contributed by atoms with van der Waals surface area (Å²) in [7, 11) is 1.38. The van der Waals surface area contributed by atoms with Gasteiger partial charge >= 0.3 is 5.97 Å². The van der Waals surface area contributed by atoms with Crippen LogP contribution in [0.4, 0.5) is 0 Å². The van der Waals surface area contributed by atoms with Gasteiger partial charge in [0, 0.05) is 6.54 Å². The molecule has 2 rings (SSSR count). The molecule has 4 nitrogen and oxygen atoms in total. The van der Waals surface area contributed by atoms with Crippen LogP contribution in [0.5, 0.6) is 0 Å². The average Bonchev–Trinajstić information content (AvgIpc) is 2.65. The van der Waals surface area contributed by atoms with Crippen molar-refractivity contribution in [3.05, 3.63) is 71.3 Å². The molecule has 0 saturated carbocycles. The molecule has 2 atom stereocenters. The van der Waals surface area contributed by atoms with Crippen molar-refractivity contribution in [1.82, 2.24) is 5.32 Å². The van der Waals surface area contributed by atoms with Gasteiger partial charge in [-0.2, -0.15) is 0 Å². The maximum absolute atomic E-state index is 11.4. The first-order valence-electron chi connectivity index (χ1n) is 8.24. The van der Waals surface area contributed by atoms with E-state index in [4.69, 9.17) is 4.74 Å². The Morgan fingerprint density at radius 2 is 1.75 bits per heavy atom. The van der Waals surface area contributed by atoms with E-state index in [1.54, 1.807) is 12.1 Å². The zero-order chi connectivity index (χ0) is 17.4. The Labute approximate surface area is 143 Å². The minimum absolute atomic E-state index is 0.314. The minimum atomic E-state index is -0.485. The van der Waals surface area contributed by atoms with Gasteiger partial charge in [0.1, 0.15) is 0 Å². The number of carbonyl (C=O) groups excluding carboxylic acids is 1. The van der Waals surface area contributed by atoms with Gasteiger partial charge < -0.3 is 15.2 Å². The van der Waals surface area contributed by atoms with Crippen LogP contribution in [0, 0.1) is 0 Å². The predicted octanol–water partition coefficient (Wildman–Crippen LogP) is 3.29. The highest BCUT2D eigenvalue weighted by molar-refractivity contribution is 5.89. The van der Waals surface area contributed by atoms with E-state index in [0.717, 1.165) is 18.5 Å². The van der Waals surface area contributed by atoms with E-state index in [1.807, 2.05) is 42.5 Å². The van der Waals surface area contributed by atoms with Crippen molar-refractivity contribution in [3.63, 3.8) is 0 Å². The summed E-state index contributed by atoms with van der Waals surface area (Å²) >= 11 is 0. The van der Waals surface area contributed by atoms with Crippen LogP contribution >= 0.6 is 0 Å². The summed E-state index contributed by atoms with van der Waals surface area (Å²) in [6, 6.07) is 17.2. The monoisotopic (exact) mass is 327 g/mol. The summed E-state index contributed by atoms with van der Waals surface area (Å²) < 4.78 is 4.70. The molecule has 0 aliphatic carbocycles. The van der Waals surface area contributed by atoms with E-state index in [1.165, 1.54) is 12.7 Å².